The summed E-state index contributed by atoms with van der Waals surface area (Å²) in [5.74, 6) is -9.02. The van der Waals surface area contributed by atoms with Crippen LogP contribution in [0.4, 0.5) is 26.3 Å². The van der Waals surface area contributed by atoms with Gasteiger partial charge in [-0.25, -0.2) is 13.5 Å². The molecule has 46 heavy (non-hydrogen) atoms. The van der Waals surface area contributed by atoms with Gasteiger partial charge in [-0.3, -0.25) is 9.97 Å². The van der Waals surface area contributed by atoms with Gasteiger partial charge in [0.2, 0.25) is 0 Å². The van der Waals surface area contributed by atoms with Crippen molar-refractivity contribution in [2.75, 3.05) is 6.61 Å². The lowest BCUT2D eigenvalue weighted by atomic mass is 9.84. The van der Waals surface area contributed by atoms with Crippen molar-refractivity contribution in [1.29, 1.82) is 0 Å². The largest absolute Gasteiger partial charge is 0.377 e. The molecule has 16 heteroatoms. The Labute approximate surface area is 275 Å². The summed E-state index contributed by atoms with van der Waals surface area (Å²) in [7, 11) is 0. The number of ether oxygens (including phenoxy) is 1. The van der Waals surface area contributed by atoms with E-state index in [-0.39, 0.29) is 19.6 Å². The molecule has 0 radical (unpaired) electrons. The first-order chi connectivity index (χ1) is 21.3. The highest BCUT2D eigenvalue weighted by Gasteiger charge is 2.68. The molecule has 0 saturated carbocycles. The van der Waals surface area contributed by atoms with E-state index < -0.39 is 58.2 Å². The number of halogens is 8. The van der Waals surface area contributed by atoms with E-state index in [1.807, 2.05) is 0 Å². The van der Waals surface area contributed by atoms with Crippen LogP contribution in [0.5, 0.6) is 0 Å². The molecule has 0 aliphatic carbocycles. The van der Waals surface area contributed by atoms with Crippen molar-refractivity contribution in [3.63, 3.8) is 0 Å². The van der Waals surface area contributed by atoms with Gasteiger partial charge in [-0.1, -0.05) is 43.8 Å². The van der Waals surface area contributed by atoms with Gasteiger partial charge < -0.3 is 9.84 Å². The van der Waals surface area contributed by atoms with Crippen LogP contribution in [0.2, 0.25) is 0 Å². The van der Waals surface area contributed by atoms with E-state index in [2.05, 4.69) is 57.4 Å². The zero-order valence-electron chi connectivity index (χ0n) is 22.6. The Kier molecular flexibility index (Phi) is 10.4. The average Bonchev–Trinajstić information content (AvgIpc) is 3.68. The molecule has 0 bridgehead atoms. The molecule has 2 aromatic carbocycles. The number of aromatic nitrogens is 6. The number of hydrogen-bond donors (Lipinski definition) is 1. The first-order valence-corrected chi connectivity index (χ1v) is 14.5. The molecule has 1 fully saturated rings. The van der Waals surface area contributed by atoms with Crippen LogP contribution in [-0.4, -0.2) is 41.9 Å². The molecular weight excluding hydrogens is 750 g/mol. The molecule has 0 amide bonds. The quantitative estimate of drug-likeness (QED) is 0.131. The fourth-order valence-corrected chi connectivity index (χ4v) is 5.02. The summed E-state index contributed by atoms with van der Waals surface area (Å²) < 4.78 is 94.7. The average molecular weight is 774 g/mol. The topological polar surface area (TPSA) is 102 Å². The number of tetrazole rings is 1. The Bertz CT molecular complexity index is 1760. The van der Waals surface area contributed by atoms with Crippen LogP contribution in [-0.2, 0) is 34.3 Å². The van der Waals surface area contributed by atoms with Crippen LogP contribution >= 0.6 is 31.9 Å². The molecule has 3 aromatic heterocycles. The minimum absolute atomic E-state index is 0. The fraction of sp³-hybridized carbons (Fsp3) is 0.233. The van der Waals surface area contributed by atoms with Crippen LogP contribution < -0.4 is 0 Å². The lowest BCUT2D eigenvalue weighted by molar-refractivity contribution is -0.207. The zero-order valence-corrected chi connectivity index (χ0v) is 25.8. The molecule has 0 spiro atoms. The minimum Gasteiger partial charge on any atom is -0.377 e. The second-order valence-corrected chi connectivity index (χ2v) is 11.6. The highest BCUT2D eigenvalue weighted by atomic mass is 79.9. The normalized spacial score (nSPS) is 17.2. The number of nitrogens with zero attached hydrogens (tertiary/aromatic N) is 6. The fourth-order valence-electron chi connectivity index (χ4n) is 4.55. The Balaban J connectivity index is 0.000000209. The van der Waals surface area contributed by atoms with E-state index in [0.29, 0.717) is 8.95 Å². The van der Waals surface area contributed by atoms with Gasteiger partial charge in [0.05, 0.1) is 13.2 Å². The SMILES string of the molecule is C.Fc1ccccc1C1(C(F)(F)c2ccc(Br)cn2)CO1.OC(Cn1cnnn1)(c1ccccc1F)C(F)(F)c1ccc(Br)cn1. The number of aliphatic hydroxyl groups is 1. The molecule has 1 N–H and O–H groups in total. The van der Waals surface area contributed by atoms with E-state index in [1.165, 1.54) is 60.9 Å². The number of benzene rings is 2. The van der Waals surface area contributed by atoms with Crippen molar-refractivity contribution in [1.82, 2.24) is 30.2 Å². The van der Waals surface area contributed by atoms with Gasteiger partial charge in [0.15, 0.2) is 11.2 Å². The maximum absolute atomic E-state index is 15.2. The molecule has 1 aliphatic rings. The van der Waals surface area contributed by atoms with Crippen molar-refractivity contribution >= 4 is 31.9 Å². The van der Waals surface area contributed by atoms with Crippen molar-refractivity contribution in [3.05, 3.63) is 135 Å². The summed E-state index contributed by atoms with van der Waals surface area (Å²) in [6.07, 6.45) is 3.50. The first-order valence-electron chi connectivity index (χ1n) is 12.9. The third-order valence-electron chi connectivity index (χ3n) is 6.97. The molecule has 4 heterocycles. The van der Waals surface area contributed by atoms with Crippen LogP contribution in [0.25, 0.3) is 0 Å². The Hall–Kier alpha value is -3.73. The summed E-state index contributed by atoms with van der Waals surface area (Å²) in [5.41, 5.74) is -6.81. The summed E-state index contributed by atoms with van der Waals surface area (Å²) in [6.45, 7) is -1.01. The molecule has 8 nitrogen and oxygen atoms in total. The van der Waals surface area contributed by atoms with Gasteiger partial charge in [0.1, 0.15) is 29.3 Å². The Morgan fingerprint density at radius 3 is 1.89 bits per heavy atom. The van der Waals surface area contributed by atoms with Crippen LogP contribution in [0.1, 0.15) is 29.9 Å². The number of rotatable bonds is 8. The van der Waals surface area contributed by atoms with Crippen molar-refractivity contribution < 1.29 is 36.2 Å². The van der Waals surface area contributed by atoms with E-state index in [1.54, 1.807) is 0 Å². The molecule has 1 aliphatic heterocycles. The number of epoxide rings is 1. The Morgan fingerprint density at radius 1 is 0.826 bits per heavy atom. The van der Waals surface area contributed by atoms with E-state index in [0.717, 1.165) is 35.3 Å². The molecule has 1 saturated heterocycles. The predicted molar refractivity (Wildman–Crippen MR) is 161 cm³/mol. The van der Waals surface area contributed by atoms with Gasteiger partial charge in [0, 0.05) is 32.5 Å². The standard InChI is InChI=1S/C15H11BrF3N5O.C14H9BrF3NO.CH4/c16-10-5-6-13(20-7-10)15(18,19)14(25,8-24-9-21-22-23-24)11-3-1-2-4-12(11)17;15-9-5-6-12(19-7-9)14(17,18)13(8-20-13)10-3-1-2-4-11(10)16;/h1-7,9,25H,8H2;1-7H,8H2;1H4. The summed E-state index contributed by atoms with van der Waals surface area (Å²) in [5, 5.41) is 21.1. The number of alkyl halides is 4. The Morgan fingerprint density at radius 2 is 1.39 bits per heavy atom. The van der Waals surface area contributed by atoms with Gasteiger partial charge in [0.25, 0.3) is 0 Å². The lowest BCUT2D eigenvalue weighted by Crippen LogP contribution is -2.48. The second-order valence-electron chi connectivity index (χ2n) is 9.82. The van der Waals surface area contributed by atoms with Crippen LogP contribution in [0, 0.1) is 11.6 Å². The lowest BCUT2D eigenvalue weighted by Gasteiger charge is -2.35. The molecule has 2 unspecified atom stereocenters. The summed E-state index contributed by atoms with van der Waals surface area (Å²) in [6, 6.07) is 15.3. The third-order valence-corrected chi connectivity index (χ3v) is 7.91. The smallest absolute Gasteiger partial charge is 0.324 e. The second kappa shape index (κ2) is 13.6. The van der Waals surface area contributed by atoms with Crippen molar-refractivity contribution in [2.45, 2.75) is 37.0 Å². The monoisotopic (exact) mass is 772 g/mol. The third kappa shape index (κ3) is 6.56. The molecule has 6 rings (SSSR count). The molecular formula is C30H24Br2F6N6O2. The highest BCUT2D eigenvalue weighted by Crippen LogP contribution is 2.56. The van der Waals surface area contributed by atoms with E-state index in [4.69, 9.17) is 4.74 Å². The maximum atomic E-state index is 15.2. The van der Waals surface area contributed by atoms with Crippen molar-refractivity contribution in [3.8, 4) is 0 Å². The summed E-state index contributed by atoms with van der Waals surface area (Å²) in [4.78, 5) is 7.37. The van der Waals surface area contributed by atoms with E-state index in [9.17, 15) is 22.7 Å². The van der Waals surface area contributed by atoms with Gasteiger partial charge >= 0.3 is 11.8 Å². The van der Waals surface area contributed by atoms with Crippen LogP contribution in [0.15, 0.2) is 100 Å². The van der Waals surface area contributed by atoms with Gasteiger partial charge in [-0.15, -0.1) is 5.10 Å². The molecule has 5 aromatic rings. The van der Waals surface area contributed by atoms with Gasteiger partial charge in [-0.05, 0) is 78.7 Å². The minimum atomic E-state index is -3.93. The van der Waals surface area contributed by atoms with Crippen molar-refractivity contribution in [2.24, 2.45) is 0 Å². The summed E-state index contributed by atoms with van der Waals surface area (Å²) >= 11 is 6.24. The van der Waals surface area contributed by atoms with Crippen LogP contribution in [0.3, 0.4) is 0 Å². The molecule has 242 valence electrons. The molecule has 2 atom stereocenters. The highest BCUT2D eigenvalue weighted by molar-refractivity contribution is 9.10. The predicted octanol–water partition coefficient (Wildman–Crippen LogP) is 7.29. The number of pyridine rings is 2. The first kappa shape index (κ1) is 35.1. The van der Waals surface area contributed by atoms with E-state index >= 15 is 8.78 Å². The number of hydrogen-bond acceptors (Lipinski definition) is 7. The zero-order chi connectivity index (χ0) is 32.5. The maximum Gasteiger partial charge on any atom is 0.324 e. The van der Waals surface area contributed by atoms with Gasteiger partial charge in [-0.2, -0.15) is 17.6 Å².